The molecule has 0 spiro atoms. The van der Waals surface area contributed by atoms with Gasteiger partial charge in [0.2, 0.25) is 0 Å². The molecule has 1 aromatic rings. The third-order valence-corrected chi connectivity index (χ3v) is 1.83. The summed E-state index contributed by atoms with van der Waals surface area (Å²) in [5.41, 5.74) is 6.74. The van der Waals surface area contributed by atoms with Gasteiger partial charge in [-0.15, -0.1) is 12.4 Å². The Labute approximate surface area is 98.2 Å². The molecule has 0 radical (unpaired) electrons. The summed E-state index contributed by atoms with van der Waals surface area (Å²) in [7, 11) is 0. The second-order valence-electron chi connectivity index (χ2n) is 4.57. The van der Waals surface area contributed by atoms with Gasteiger partial charge in [0.05, 0.1) is 0 Å². The standard InChI is InChI=1S/C12H19NO.ClH/c1-9(13)10-5-7-11(8-6-10)14-12(2,3)4;/h5-9H,13H2,1-4H3;1H. The van der Waals surface area contributed by atoms with Gasteiger partial charge in [0, 0.05) is 6.04 Å². The summed E-state index contributed by atoms with van der Waals surface area (Å²) < 4.78 is 5.70. The average molecular weight is 230 g/mol. The second kappa shape index (κ2) is 5.38. The lowest BCUT2D eigenvalue weighted by Crippen LogP contribution is -2.22. The van der Waals surface area contributed by atoms with Crippen molar-refractivity contribution in [2.75, 3.05) is 0 Å². The molecule has 1 rings (SSSR count). The van der Waals surface area contributed by atoms with Crippen molar-refractivity contribution in [3.8, 4) is 5.75 Å². The Morgan fingerprint density at radius 1 is 1.13 bits per heavy atom. The first-order valence-electron chi connectivity index (χ1n) is 4.93. The third-order valence-electron chi connectivity index (χ3n) is 1.83. The summed E-state index contributed by atoms with van der Waals surface area (Å²) in [4.78, 5) is 0. The number of nitrogens with two attached hydrogens (primary N) is 1. The lowest BCUT2D eigenvalue weighted by molar-refractivity contribution is 0.131. The van der Waals surface area contributed by atoms with Crippen LogP contribution < -0.4 is 10.5 Å². The quantitative estimate of drug-likeness (QED) is 0.845. The normalized spacial score (nSPS) is 12.9. The van der Waals surface area contributed by atoms with Gasteiger partial charge in [-0.05, 0) is 45.4 Å². The van der Waals surface area contributed by atoms with E-state index in [2.05, 4.69) is 0 Å². The Morgan fingerprint density at radius 2 is 1.60 bits per heavy atom. The van der Waals surface area contributed by atoms with Gasteiger partial charge < -0.3 is 10.5 Å². The number of ether oxygens (including phenoxy) is 1. The van der Waals surface area contributed by atoms with Gasteiger partial charge in [-0.25, -0.2) is 0 Å². The summed E-state index contributed by atoms with van der Waals surface area (Å²) in [6.45, 7) is 8.07. The highest BCUT2D eigenvalue weighted by molar-refractivity contribution is 5.85. The molecule has 0 saturated carbocycles. The Bertz CT molecular complexity index is 287. The topological polar surface area (TPSA) is 35.2 Å². The first kappa shape index (κ1) is 14.3. The van der Waals surface area contributed by atoms with Crippen molar-refractivity contribution in [2.45, 2.75) is 39.3 Å². The van der Waals surface area contributed by atoms with Crippen LogP contribution in [0.1, 0.15) is 39.3 Å². The highest BCUT2D eigenvalue weighted by atomic mass is 35.5. The van der Waals surface area contributed by atoms with Crippen LogP contribution in [0.5, 0.6) is 5.75 Å². The molecule has 0 aliphatic rings. The van der Waals surface area contributed by atoms with E-state index in [-0.39, 0.29) is 24.0 Å². The van der Waals surface area contributed by atoms with Crippen molar-refractivity contribution >= 4 is 12.4 Å². The molecule has 1 unspecified atom stereocenters. The molecule has 2 nitrogen and oxygen atoms in total. The fourth-order valence-electron chi connectivity index (χ4n) is 1.19. The number of hydrogen-bond donors (Lipinski definition) is 1. The summed E-state index contributed by atoms with van der Waals surface area (Å²) in [5, 5.41) is 0. The fraction of sp³-hybridized carbons (Fsp3) is 0.500. The highest BCUT2D eigenvalue weighted by Gasteiger charge is 2.11. The second-order valence-corrected chi connectivity index (χ2v) is 4.57. The zero-order chi connectivity index (χ0) is 10.8. The Kier molecular flexibility index (Phi) is 5.12. The van der Waals surface area contributed by atoms with E-state index in [1.807, 2.05) is 52.0 Å². The van der Waals surface area contributed by atoms with Gasteiger partial charge in [-0.2, -0.15) is 0 Å². The van der Waals surface area contributed by atoms with Crippen molar-refractivity contribution < 1.29 is 4.74 Å². The average Bonchev–Trinajstić information content (AvgIpc) is 2.02. The molecule has 0 amide bonds. The van der Waals surface area contributed by atoms with E-state index in [9.17, 15) is 0 Å². The number of rotatable bonds is 2. The van der Waals surface area contributed by atoms with Gasteiger partial charge in [0.1, 0.15) is 11.4 Å². The van der Waals surface area contributed by atoms with E-state index in [4.69, 9.17) is 10.5 Å². The molecular weight excluding hydrogens is 210 g/mol. The minimum atomic E-state index is -0.143. The zero-order valence-corrected chi connectivity index (χ0v) is 10.6. The van der Waals surface area contributed by atoms with E-state index in [0.29, 0.717) is 0 Å². The van der Waals surface area contributed by atoms with Crippen LogP contribution in [0, 0.1) is 0 Å². The van der Waals surface area contributed by atoms with Gasteiger partial charge in [0.15, 0.2) is 0 Å². The minimum Gasteiger partial charge on any atom is -0.488 e. The summed E-state index contributed by atoms with van der Waals surface area (Å²) >= 11 is 0. The lowest BCUT2D eigenvalue weighted by atomic mass is 10.1. The van der Waals surface area contributed by atoms with Crippen LogP contribution in [0.2, 0.25) is 0 Å². The number of hydrogen-bond acceptors (Lipinski definition) is 2. The molecule has 1 atom stereocenters. The predicted octanol–water partition coefficient (Wildman–Crippen LogP) is 3.31. The molecule has 0 saturated heterocycles. The Balaban J connectivity index is 0.00000196. The van der Waals surface area contributed by atoms with Crippen LogP contribution in [0.25, 0.3) is 0 Å². The molecular formula is C12H20ClNO. The summed E-state index contributed by atoms with van der Waals surface area (Å²) in [6.07, 6.45) is 0. The molecule has 0 aromatic heterocycles. The van der Waals surface area contributed by atoms with E-state index >= 15 is 0 Å². The number of benzene rings is 1. The smallest absolute Gasteiger partial charge is 0.120 e. The van der Waals surface area contributed by atoms with E-state index in [0.717, 1.165) is 11.3 Å². The van der Waals surface area contributed by atoms with Gasteiger partial charge in [-0.3, -0.25) is 0 Å². The monoisotopic (exact) mass is 229 g/mol. The Morgan fingerprint density at radius 3 is 1.93 bits per heavy atom. The molecule has 0 aliphatic carbocycles. The summed E-state index contributed by atoms with van der Waals surface area (Å²) in [5.74, 6) is 0.891. The molecule has 0 fully saturated rings. The van der Waals surface area contributed by atoms with E-state index < -0.39 is 0 Å². The first-order valence-corrected chi connectivity index (χ1v) is 4.93. The third kappa shape index (κ3) is 5.05. The maximum Gasteiger partial charge on any atom is 0.120 e. The number of halogens is 1. The lowest BCUT2D eigenvalue weighted by Gasteiger charge is -2.21. The van der Waals surface area contributed by atoms with Crippen molar-refractivity contribution in [3.63, 3.8) is 0 Å². The van der Waals surface area contributed by atoms with Crippen molar-refractivity contribution in [1.29, 1.82) is 0 Å². The van der Waals surface area contributed by atoms with Gasteiger partial charge in [-0.1, -0.05) is 12.1 Å². The van der Waals surface area contributed by atoms with Gasteiger partial charge >= 0.3 is 0 Å². The SMILES string of the molecule is CC(N)c1ccc(OC(C)(C)C)cc1.Cl. The van der Waals surface area contributed by atoms with Crippen LogP contribution in [0.3, 0.4) is 0 Å². The molecule has 2 N–H and O–H groups in total. The molecule has 15 heavy (non-hydrogen) atoms. The van der Waals surface area contributed by atoms with Crippen LogP contribution in [0.4, 0.5) is 0 Å². The molecule has 1 aromatic carbocycles. The highest BCUT2D eigenvalue weighted by Crippen LogP contribution is 2.20. The summed E-state index contributed by atoms with van der Waals surface area (Å²) in [6, 6.07) is 8.02. The van der Waals surface area contributed by atoms with E-state index in [1.54, 1.807) is 0 Å². The maximum atomic E-state index is 5.75. The largest absolute Gasteiger partial charge is 0.488 e. The van der Waals surface area contributed by atoms with Crippen LogP contribution in [0.15, 0.2) is 24.3 Å². The fourth-order valence-corrected chi connectivity index (χ4v) is 1.19. The van der Waals surface area contributed by atoms with Gasteiger partial charge in [0.25, 0.3) is 0 Å². The minimum absolute atomic E-state index is 0. The van der Waals surface area contributed by atoms with Crippen LogP contribution in [-0.4, -0.2) is 5.60 Å². The van der Waals surface area contributed by atoms with Crippen molar-refractivity contribution in [1.82, 2.24) is 0 Å². The first-order chi connectivity index (χ1) is 6.38. The van der Waals surface area contributed by atoms with Crippen LogP contribution in [-0.2, 0) is 0 Å². The van der Waals surface area contributed by atoms with Crippen molar-refractivity contribution in [3.05, 3.63) is 29.8 Å². The van der Waals surface area contributed by atoms with E-state index in [1.165, 1.54) is 0 Å². The maximum absolute atomic E-state index is 5.75. The predicted molar refractivity (Wildman–Crippen MR) is 66.7 cm³/mol. The molecule has 86 valence electrons. The Hall–Kier alpha value is -0.730. The molecule has 0 aliphatic heterocycles. The van der Waals surface area contributed by atoms with Crippen LogP contribution >= 0.6 is 12.4 Å². The zero-order valence-electron chi connectivity index (χ0n) is 9.78. The van der Waals surface area contributed by atoms with Crippen molar-refractivity contribution in [2.24, 2.45) is 5.73 Å². The molecule has 0 heterocycles. The molecule has 3 heteroatoms. The molecule has 0 bridgehead atoms.